The third-order valence-corrected chi connectivity index (χ3v) is 10.5. The molecular weight excluding hydrogens is 603 g/mol. The Morgan fingerprint density at radius 1 is 0.320 bits per heavy atom. The molecule has 1 aliphatic carbocycles. The number of fused-ring (bicyclic) bond motifs is 4. The molecule has 1 aliphatic rings. The Hall–Kier alpha value is -6.18. The van der Waals surface area contributed by atoms with Gasteiger partial charge in [-0.3, -0.25) is 0 Å². The molecule has 50 heavy (non-hydrogen) atoms. The summed E-state index contributed by atoms with van der Waals surface area (Å²) < 4.78 is 0. The lowest BCUT2D eigenvalue weighted by Crippen LogP contribution is -2.16. The van der Waals surface area contributed by atoms with Gasteiger partial charge in [0.15, 0.2) is 0 Å². The van der Waals surface area contributed by atoms with Crippen LogP contribution in [0.2, 0.25) is 0 Å². The fraction of sp³-hybridized carbons (Fsp3) is 0.0612. The molecule has 1 nitrogen and oxygen atoms in total. The molecule has 0 fully saturated rings. The molecule has 0 radical (unpaired) electrons. The van der Waals surface area contributed by atoms with Crippen LogP contribution in [0.15, 0.2) is 188 Å². The minimum Gasteiger partial charge on any atom is -0.310 e. The Morgan fingerprint density at radius 3 is 1.46 bits per heavy atom. The minimum atomic E-state index is -0.150. The number of nitrogens with zero attached hydrogens (tertiary/aromatic N) is 1. The summed E-state index contributed by atoms with van der Waals surface area (Å²) in [6.07, 6.45) is 0. The molecule has 0 amide bonds. The molecule has 0 N–H and O–H groups in total. The number of para-hydroxylation sites is 1. The van der Waals surface area contributed by atoms with E-state index in [-0.39, 0.29) is 5.41 Å². The second-order valence-electron chi connectivity index (χ2n) is 13.8. The quantitative estimate of drug-likeness (QED) is 0.175. The predicted octanol–water partition coefficient (Wildman–Crippen LogP) is 13.6. The highest BCUT2D eigenvalue weighted by Gasteiger charge is 2.36. The van der Waals surface area contributed by atoms with E-state index in [2.05, 4.69) is 207 Å². The van der Waals surface area contributed by atoms with Crippen molar-refractivity contribution >= 4 is 27.8 Å². The summed E-state index contributed by atoms with van der Waals surface area (Å²) in [6.45, 7) is 4.74. The Kier molecular flexibility index (Phi) is 7.21. The molecule has 0 saturated heterocycles. The molecule has 0 unspecified atom stereocenters. The normalized spacial score (nSPS) is 12.8. The summed E-state index contributed by atoms with van der Waals surface area (Å²) in [7, 11) is 0. The number of benzene rings is 8. The van der Waals surface area contributed by atoms with Crippen molar-refractivity contribution < 1.29 is 0 Å². The van der Waals surface area contributed by atoms with Gasteiger partial charge in [0.05, 0.1) is 0 Å². The number of anilines is 3. The summed E-state index contributed by atoms with van der Waals surface area (Å²) in [5.74, 6) is 0. The van der Waals surface area contributed by atoms with Gasteiger partial charge in [0, 0.05) is 22.5 Å². The molecule has 0 heterocycles. The first-order chi connectivity index (χ1) is 24.5. The van der Waals surface area contributed by atoms with E-state index < -0.39 is 0 Å². The van der Waals surface area contributed by atoms with Crippen LogP contribution in [0.5, 0.6) is 0 Å². The summed E-state index contributed by atoms with van der Waals surface area (Å²) in [5, 5.41) is 2.52. The standard InChI is InChI=1S/C49H37N/c1-49(2)47-32-41(37-19-17-36(18-20-37)34-11-5-3-6-12-34)25-29-45(47)46-30-28-44(33-48(46)49)50(42-15-7-4-8-16-42)43-26-23-38(24-27-43)40-22-21-35-13-9-10-14-39(35)31-40/h3-33H,1-2H3. The molecule has 0 aromatic heterocycles. The van der Waals surface area contributed by atoms with Crippen molar-refractivity contribution in [2.45, 2.75) is 19.3 Å². The van der Waals surface area contributed by atoms with Crippen LogP contribution in [-0.4, -0.2) is 0 Å². The lowest BCUT2D eigenvalue weighted by molar-refractivity contribution is 0.660. The van der Waals surface area contributed by atoms with Crippen molar-refractivity contribution in [1.29, 1.82) is 0 Å². The summed E-state index contributed by atoms with van der Waals surface area (Å²) >= 11 is 0. The smallest absolute Gasteiger partial charge is 0.0465 e. The first kappa shape index (κ1) is 29.9. The topological polar surface area (TPSA) is 3.24 Å². The van der Waals surface area contributed by atoms with Gasteiger partial charge >= 0.3 is 0 Å². The van der Waals surface area contributed by atoms with E-state index >= 15 is 0 Å². The first-order valence-electron chi connectivity index (χ1n) is 17.4. The van der Waals surface area contributed by atoms with Gasteiger partial charge < -0.3 is 4.90 Å². The molecule has 0 aliphatic heterocycles. The SMILES string of the molecule is CC1(C)c2cc(-c3ccc(-c4ccccc4)cc3)ccc2-c2ccc(N(c3ccccc3)c3ccc(-c4ccc5ccccc5c4)cc3)cc21. The average molecular weight is 640 g/mol. The van der Waals surface area contributed by atoms with Crippen molar-refractivity contribution in [2.75, 3.05) is 4.90 Å². The maximum Gasteiger partial charge on any atom is 0.0465 e. The third-order valence-electron chi connectivity index (χ3n) is 10.5. The molecule has 1 heteroatoms. The lowest BCUT2D eigenvalue weighted by atomic mass is 9.81. The van der Waals surface area contributed by atoms with Crippen LogP contribution < -0.4 is 4.90 Å². The maximum absolute atomic E-state index is 2.41. The van der Waals surface area contributed by atoms with E-state index in [9.17, 15) is 0 Å². The molecule has 0 bridgehead atoms. The van der Waals surface area contributed by atoms with Gasteiger partial charge in [-0.2, -0.15) is 0 Å². The maximum atomic E-state index is 2.41. The van der Waals surface area contributed by atoms with Crippen LogP contribution in [0.3, 0.4) is 0 Å². The van der Waals surface area contributed by atoms with Crippen LogP contribution in [0.1, 0.15) is 25.0 Å². The van der Waals surface area contributed by atoms with Crippen molar-refractivity contribution in [3.05, 3.63) is 199 Å². The van der Waals surface area contributed by atoms with Gasteiger partial charge in [0.25, 0.3) is 0 Å². The van der Waals surface area contributed by atoms with E-state index in [4.69, 9.17) is 0 Å². The Labute approximate surface area is 294 Å². The monoisotopic (exact) mass is 639 g/mol. The van der Waals surface area contributed by atoms with Crippen LogP contribution in [0, 0.1) is 0 Å². The largest absolute Gasteiger partial charge is 0.310 e. The van der Waals surface area contributed by atoms with Crippen LogP contribution in [-0.2, 0) is 5.41 Å². The third kappa shape index (κ3) is 5.19. The van der Waals surface area contributed by atoms with Gasteiger partial charge in [-0.15, -0.1) is 0 Å². The van der Waals surface area contributed by atoms with Crippen molar-refractivity contribution in [3.63, 3.8) is 0 Å². The molecule has 0 spiro atoms. The zero-order valence-electron chi connectivity index (χ0n) is 28.3. The van der Waals surface area contributed by atoms with Crippen molar-refractivity contribution in [2.24, 2.45) is 0 Å². The fourth-order valence-corrected chi connectivity index (χ4v) is 7.73. The van der Waals surface area contributed by atoms with Crippen LogP contribution >= 0.6 is 0 Å². The van der Waals surface area contributed by atoms with Crippen molar-refractivity contribution in [1.82, 2.24) is 0 Å². The van der Waals surface area contributed by atoms with Crippen LogP contribution in [0.4, 0.5) is 17.1 Å². The summed E-state index contributed by atoms with van der Waals surface area (Å²) in [6, 6.07) is 68.5. The first-order valence-corrected chi connectivity index (χ1v) is 17.4. The zero-order chi connectivity index (χ0) is 33.7. The Bertz CT molecular complexity index is 2470. The molecule has 0 saturated carbocycles. The van der Waals surface area contributed by atoms with E-state index in [0.717, 1.165) is 17.1 Å². The fourth-order valence-electron chi connectivity index (χ4n) is 7.73. The van der Waals surface area contributed by atoms with Crippen molar-refractivity contribution in [3.8, 4) is 44.5 Å². The van der Waals surface area contributed by atoms with Gasteiger partial charge in [0.1, 0.15) is 0 Å². The van der Waals surface area contributed by atoms with Crippen LogP contribution in [0.25, 0.3) is 55.3 Å². The molecule has 238 valence electrons. The molecule has 0 atom stereocenters. The highest BCUT2D eigenvalue weighted by atomic mass is 15.1. The summed E-state index contributed by atoms with van der Waals surface area (Å²) in [4.78, 5) is 2.38. The number of hydrogen-bond donors (Lipinski definition) is 0. The van der Waals surface area contributed by atoms with E-state index in [1.54, 1.807) is 0 Å². The predicted molar refractivity (Wildman–Crippen MR) is 213 cm³/mol. The second-order valence-corrected chi connectivity index (χ2v) is 13.8. The molecular formula is C49H37N. The Balaban J connectivity index is 1.06. The lowest BCUT2D eigenvalue weighted by Gasteiger charge is -2.28. The molecule has 8 aromatic rings. The van der Waals surface area contributed by atoms with E-state index in [1.807, 2.05) is 0 Å². The second kappa shape index (κ2) is 12.1. The van der Waals surface area contributed by atoms with Gasteiger partial charge in [-0.25, -0.2) is 0 Å². The number of hydrogen-bond acceptors (Lipinski definition) is 1. The highest BCUT2D eigenvalue weighted by Crippen LogP contribution is 2.51. The highest BCUT2D eigenvalue weighted by molar-refractivity contribution is 5.89. The van der Waals surface area contributed by atoms with Gasteiger partial charge in [0.2, 0.25) is 0 Å². The molecule has 9 rings (SSSR count). The average Bonchev–Trinajstić information content (AvgIpc) is 3.41. The zero-order valence-corrected chi connectivity index (χ0v) is 28.3. The summed E-state index contributed by atoms with van der Waals surface area (Å²) in [5.41, 5.74) is 16.1. The van der Waals surface area contributed by atoms with E-state index in [1.165, 1.54) is 66.4 Å². The number of rotatable bonds is 6. The molecule has 8 aromatic carbocycles. The Morgan fingerprint density at radius 2 is 0.760 bits per heavy atom. The van der Waals surface area contributed by atoms with Gasteiger partial charge in [-0.1, -0.05) is 153 Å². The van der Waals surface area contributed by atoms with E-state index in [0.29, 0.717) is 0 Å². The minimum absolute atomic E-state index is 0.150. The van der Waals surface area contributed by atoms with Gasteiger partial charge in [-0.05, 0) is 115 Å².